The van der Waals surface area contributed by atoms with Gasteiger partial charge in [-0.3, -0.25) is 0 Å². The van der Waals surface area contributed by atoms with Gasteiger partial charge in [0, 0.05) is 42.3 Å². The van der Waals surface area contributed by atoms with E-state index < -0.39 is 0 Å². The summed E-state index contributed by atoms with van der Waals surface area (Å²) in [6, 6.07) is 63.1. The van der Waals surface area contributed by atoms with E-state index in [1.54, 1.807) is 0 Å². The Labute approximate surface area is 287 Å². The van der Waals surface area contributed by atoms with Gasteiger partial charge in [-0.25, -0.2) is 0 Å². The second-order valence-corrected chi connectivity index (χ2v) is 13.5. The van der Waals surface area contributed by atoms with Gasteiger partial charge in [-0.15, -0.1) is 11.3 Å². The first-order valence-electron chi connectivity index (χ1n) is 16.6. The van der Waals surface area contributed by atoms with Crippen molar-refractivity contribution in [1.29, 1.82) is 0 Å². The van der Waals surface area contributed by atoms with Crippen molar-refractivity contribution in [1.82, 2.24) is 0 Å². The number of benzene rings is 8. The van der Waals surface area contributed by atoms with Crippen molar-refractivity contribution < 1.29 is 4.42 Å². The van der Waals surface area contributed by atoms with Gasteiger partial charge in [0.25, 0.3) is 0 Å². The standard InChI is InChI=1S/C46H29NOS/c1-2-15-35-30(11-1)12-8-18-36(35)31-25-27-33(28-26-31)47(42-22-10-20-40-38-16-3-5-23-43(38)48-45(40)42)34-14-7-13-32(29-34)37-19-9-21-41-39-17-4-6-24-44(39)49-46(37)41/h1-29H. The van der Waals surface area contributed by atoms with E-state index >= 15 is 0 Å². The molecule has 0 fully saturated rings. The SMILES string of the molecule is c1cc(-c2cccc3c2sc2ccccc23)cc(N(c2ccc(-c3cccc4ccccc34)cc2)c2cccc3c2oc2ccccc23)c1. The normalized spacial score (nSPS) is 11.7. The van der Waals surface area contributed by atoms with Crippen LogP contribution in [0, 0.1) is 0 Å². The zero-order valence-electron chi connectivity index (χ0n) is 26.5. The van der Waals surface area contributed by atoms with Crippen molar-refractivity contribution in [3.8, 4) is 22.3 Å². The quantitative estimate of drug-likeness (QED) is 0.186. The Morgan fingerprint density at radius 3 is 2.02 bits per heavy atom. The second kappa shape index (κ2) is 11.2. The van der Waals surface area contributed by atoms with Crippen LogP contribution in [-0.2, 0) is 0 Å². The van der Waals surface area contributed by atoms with Crippen molar-refractivity contribution in [3.05, 3.63) is 176 Å². The molecule has 0 unspecified atom stereocenters. The maximum atomic E-state index is 6.61. The number of fused-ring (bicyclic) bond motifs is 7. The van der Waals surface area contributed by atoms with Crippen LogP contribution in [0.4, 0.5) is 17.1 Å². The van der Waals surface area contributed by atoms with Gasteiger partial charge in [-0.1, -0.05) is 133 Å². The predicted octanol–water partition coefficient (Wildman–Crippen LogP) is 13.9. The van der Waals surface area contributed by atoms with Crippen molar-refractivity contribution in [2.75, 3.05) is 4.90 Å². The third kappa shape index (κ3) is 4.55. The van der Waals surface area contributed by atoms with Crippen molar-refractivity contribution in [2.45, 2.75) is 0 Å². The van der Waals surface area contributed by atoms with Gasteiger partial charge < -0.3 is 9.32 Å². The summed E-state index contributed by atoms with van der Waals surface area (Å²) in [5, 5.41) is 7.34. The lowest BCUT2D eigenvalue weighted by atomic mass is 9.98. The van der Waals surface area contributed by atoms with Crippen LogP contribution in [0.2, 0.25) is 0 Å². The molecule has 10 rings (SSSR count). The molecule has 0 bridgehead atoms. The lowest BCUT2D eigenvalue weighted by Gasteiger charge is -2.26. The van der Waals surface area contributed by atoms with Gasteiger partial charge in [0.2, 0.25) is 0 Å². The number of para-hydroxylation sites is 2. The lowest BCUT2D eigenvalue weighted by molar-refractivity contribution is 0.669. The van der Waals surface area contributed by atoms with E-state index in [0.717, 1.165) is 39.0 Å². The van der Waals surface area contributed by atoms with Crippen LogP contribution in [0.25, 0.3) is 75.1 Å². The highest BCUT2D eigenvalue weighted by Crippen LogP contribution is 2.45. The van der Waals surface area contributed by atoms with Crippen LogP contribution in [0.5, 0.6) is 0 Å². The molecule has 2 heterocycles. The summed E-state index contributed by atoms with van der Waals surface area (Å²) >= 11 is 1.87. The van der Waals surface area contributed by atoms with Crippen LogP contribution in [0.1, 0.15) is 0 Å². The molecule has 0 N–H and O–H groups in total. The Bertz CT molecular complexity index is 2840. The average Bonchev–Trinajstić information content (AvgIpc) is 3.74. The Hall–Kier alpha value is -6.16. The third-order valence-electron chi connectivity index (χ3n) is 9.67. The highest BCUT2D eigenvalue weighted by Gasteiger charge is 2.20. The summed E-state index contributed by atoms with van der Waals surface area (Å²) in [5.74, 6) is 0. The average molecular weight is 644 g/mol. The lowest BCUT2D eigenvalue weighted by Crippen LogP contribution is -2.10. The van der Waals surface area contributed by atoms with Crippen LogP contribution in [0.3, 0.4) is 0 Å². The topological polar surface area (TPSA) is 16.4 Å². The van der Waals surface area contributed by atoms with Gasteiger partial charge >= 0.3 is 0 Å². The molecule has 10 aromatic rings. The first kappa shape index (κ1) is 27.9. The van der Waals surface area contributed by atoms with Crippen LogP contribution >= 0.6 is 11.3 Å². The molecule has 49 heavy (non-hydrogen) atoms. The van der Waals surface area contributed by atoms with Crippen molar-refractivity contribution in [2.24, 2.45) is 0 Å². The summed E-state index contributed by atoms with van der Waals surface area (Å²) < 4.78 is 9.24. The van der Waals surface area contributed by atoms with Gasteiger partial charge in [0.1, 0.15) is 5.58 Å². The highest BCUT2D eigenvalue weighted by atomic mass is 32.1. The zero-order chi connectivity index (χ0) is 32.3. The van der Waals surface area contributed by atoms with Crippen molar-refractivity contribution in [3.63, 3.8) is 0 Å². The Morgan fingerprint density at radius 2 is 1.10 bits per heavy atom. The van der Waals surface area contributed by atoms with E-state index in [4.69, 9.17) is 4.42 Å². The van der Waals surface area contributed by atoms with E-state index in [-0.39, 0.29) is 0 Å². The zero-order valence-corrected chi connectivity index (χ0v) is 27.3. The van der Waals surface area contributed by atoms with Crippen LogP contribution < -0.4 is 4.90 Å². The van der Waals surface area contributed by atoms with Gasteiger partial charge in [-0.05, 0) is 75.5 Å². The molecule has 3 heteroatoms. The molecule has 0 saturated carbocycles. The summed E-state index contributed by atoms with van der Waals surface area (Å²) in [6.45, 7) is 0. The molecule has 0 amide bonds. The van der Waals surface area contributed by atoms with Crippen LogP contribution in [-0.4, -0.2) is 0 Å². The molecule has 0 aliphatic heterocycles. The highest BCUT2D eigenvalue weighted by molar-refractivity contribution is 7.26. The fourth-order valence-corrected chi connectivity index (χ4v) is 8.63. The van der Waals surface area contributed by atoms with Crippen LogP contribution in [0.15, 0.2) is 180 Å². The number of anilines is 3. The number of furan rings is 1. The Kier molecular flexibility index (Phi) is 6.39. The van der Waals surface area contributed by atoms with Gasteiger partial charge in [0.05, 0.1) is 5.69 Å². The smallest absolute Gasteiger partial charge is 0.159 e. The monoisotopic (exact) mass is 643 g/mol. The number of nitrogens with zero attached hydrogens (tertiary/aromatic N) is 1. The molecule has 0 aliphatic rings. The minimum absolute atomic E-state index is 0.874. The number of hydrogen-bond donors (Lipinski definition) is 0. The molecular formula is C46H29NOS. The van der Waals surface area contributed by atoms with Gasteiger partial charge in [0.15, 0.2) is 5.58 Å². The minimum Gasteiger partial charge on any atom is -0.454 e. The molecule has 0 saturated heterocycles. The molecule has 0 radical (unpaired) electrons. The molecule has 0 atom stereocenters. The number of rotatable bonds is 5. The van der Waals surface area contributed by atoms with E-state index in [9.17, 15) is 0 Å². The largest absolute Gasteiger partial charge is 0.454 e. The van der Waals surface area contributed by atoms with E-state index in [0.29, 0.717) is 0 Å². The third-order valence-corrected chi connectivity index (χ3v) is 10.9. The van der Waals surface area contributed by atoms with E-state index in [2.05, 4.69) is 175 Å². The molecule has 0 aliphatic carbocycles. The second-order valence-electron chi connectivity index (χ2n) is 12.5. The van der Waals surface area contributed by atoms with E-state index in [1.165, 1.54) is 53.2 Å². The van der Waals surface area contributed by atoms with Crippen molar-refractivity contribution >= 4 is 81.3 Å². The molecule has 0 spiro atoms. The number of thiophene rings is 1. The maximum absolute atomic E-state index is 6.61. The predicted molar refractivity (Wildman–Crippen MR) is 210 cm³/mol. The number of hydrogen-bond acceptors (Lipinski definition) is 3. The molecule has 2 nitrogen and oxygen atoms in total. The molecular weight excluding hydrogens is 615 g/mol. The first-order chi connectivity index (χ1) is 24.3. The fourth-order valence-electron chi connectivity index (χ4n) is 7.39. The van der Waals surface area contributed by atoms with E-state index in [1.807, 2.05) is 17.4 Å². The fraction of sp³-hybridized carbons (Fsp3) is 0. The first-order valence-corrected chi connectivity index (χ1v) is 17.4. The summed E-state index contributed by atoms with van der Waals surface area (Å²) in [5.41, 5.74) is 9.75. The minimum atomic E-state index is 0.874. The molecule has 2 aromatic heterocycles. The summed E-state index contributed by atoms with van der Waals surface area (Å²) in [4.78, 5) is 2.34. The van der Waals surface area contributed by atoms with Gasteiger partial charge in [-0.2, -0.15) is 0 Å². The summed E-state index contributed by atoms with van der Waals surface area (Å²) in [7, 11) is 0. The summed E-state index contributed by atoms with van der Waals surface area (Å²) in [6.07, 6.45) is 0. The molecule has 230 valence electrons. The Morgan fingerprint density at radius 1 is 0.429 bits per heavy atom. The Balaban J connectivity index is 1.17. The maximum Gasteiger partial charge on any atom is 0.159 e. The molecule has 8 aromatic carbocycles.